The van der Waals surface area contributed by atoms with Crippen LogP contribution < -0.4 is 5.73 Å². The fourth-order valence-corrected chi connectivity index (χ4v) is 1.68. The Morgan fingerprint density at radius 2 is 1.95 bits per heavy atom. The number of nitrogens with two attached hydrogens (primary N) is 1. The molecule has 106 valence electrons. The van der Waals surface area contributed by atoms with Crippen molar-refractivity contribution in [3.63, 3.8) is 0 Å². The fourth-order valence-electron chi connectivity index (χ4n) is 1.68. The van der Waals surface area contributed by atoms with Crippen molar-refractivity contribution in [2.24, 2.45) is 5.92 Å². The number of carbonyl (C=O) groups is 1. The molecule has 1 rings (SSSR count). The highest BCUT2D eigenvalue weighted by Gasteiger charge is 2.15. The van der Waals surface area contributed by atoms with Gasteiger partial charge in [-0.3, -0.25) is 0 Å². The van der Waals surface area contributed by atoms with Crippen LogP contribution in [0.5, 0.6) is 0 Å². The van der Waals surface area contributed by atoms with E-state index < -0.39 is 0 Å². The zero-order chi connectivity index (χ0) is 14.3. The van der Waals surface area contributed by atoms with Gasteiger partial charge in [-0.15, -0.1) is 0 Å². The molecule has 1 amide bonds. The summed E-state index contributed by atoms with van der Waals surface area (Å²) in [7, 11) is 0. The van der Waals surface area contributed by atoms with Gasteiger partial charge in [-0.05, 0) is 30.0 Å². The average molecular weight is 264 g/mol. The van der Waals surface area contributed by atoms with Crippen LogP contribution in [-0.4, -0.2) is 24.1 Å². The highest BCUT2D eigenvalue weighted by molar-refractivity contribution is 5.67. The van der Waals surface area contributed by atoms with Gasteiger partial charge < -0.3 is 15.4 Å². The van der Waals surface area contributed by atoms with Gasteiger partial charge >= 0.3 is 6.09 Å². The molecule has 19 heavy (non-hydrogen) atoms. The molecule has 0 saturated carbocycles. The number of nitrogen functional groups attached to an aromatic ring is 1. The molecule has 0 saturated heterocycles. The van der Waals surface area contributed by atoms with Crippen LogP contribution in [0.3, 0.4) is 0 Å². The Morgan fingerprint density at radius 1 is 1.32 bits per heavy atom. The first-order chi connectivity index (χ1) is 9.02. The standard InChI is InChI=1S/C15H24N2O2/c1-4-9-17(15(18)19-11-12(2)3)10-13-5-7-14(16)8-6-13/h5-8,12H,4,9-11,16H2,1-3H3. The van der Waals surface area contributed by atoms with E-state index in [-0.39, 0.29) is 6.09 Å². The number of hydrogen-bond acceptors (Lipinski definition) is 3. The molecular formula is C15H24N2O2. The van der Waals surface area contributed by atoms with Gasteiger partial charge in [-0.25, -0.2) is 4.79 Å². The summed E-state index contributed by atoms with van der Waals surface area (Å²) in [4.78, 5) is 13.7. The SMILES string of the molecule is CCCN(Cc1ccc(N)cc1)C(=O)OCC(C)C. The van der Waals surface area contributed by atoms with Gasteiger partial charge in [0.1, 0.15) is 0 Å². The number of ether oxygens (including phenoxy) is 1. The molecule has 0 heterocycles. The highest BCUT2D eigenvalue weighted by Crippen LogP contribution is 2.10. The fraction of sp³-hybridized carbons (Fsp3) is 0.533. The molecule has 0 unspecified atom stereocenters. The van der Waals surface area contributed by atoms with Gasteiger partial charge in [0.2, 0.25) is 0 Å². The van der Waals surface area contributed by atoms with E-state index in [1.807, 2.05) is 45.0 Å². The third-order valence-electron chi connectivity index (χ3n) is 2.65. The second-order valence-corrected chi connectivity index (χ2v) is 5.13. The van der Waals surface area contributed by atoms with E-state index >= 15 is 0 Å². The van der Waals surface area contributed by atoms with Crippen molar-refractivity contribution >= 4 is 11.8 Å². The average Bonchev–Trinajstić information content (AvgIpc) is 2.38. The van der Waals surface area contributed by atoms with Crippen LogP contribution >= 0.6 is 0 Å². The lowest BCUT2D eigenvalue weighted by Gasteiger charge is -2.22. The third-order valence-corrected chi connectivity index (χ3v) is 2.65. The predicted octanol–water partition coefficient (Wildman–Crippen LogP) is 3.27. The largest absolute Gasteiger partial charge is 0.449 e. The smallest absolute Gasteiger partial charge is 0.410 e. The quantitative estimate of drug-likeness (QED) is 0.802. The first-order valence-corrected chi connectivity index (χ1v) is 6.79. The van der Waals surface area contributed by atoms with E-state index in [1.54, 1.807) is 4.90 Å². The van der Waals surface area contributed by atoms with Gasteiger partial charge in [0.15, 0.2) is 0 Å². The van der Waals surface area contributed by atoms with Crippen LogP contribution in [0.4, 0.5) is 10.5 Å². The molecule has 0 fully saturated rings. The first-order valence-electron chi connectivity index (χ1n) is 6.79. The van der Waals surface area contributed by atoms with Crippen molar-refractivity contribution < 1.29 is 9.53 Å². The molecule has 0 bridgehead atoms. The Labute approximate surface area is 115 Å². The third kappa shape index (κ3) is 5.64. The summed E-state index contributed by atoms with van der Waals surface area (Å²) in [6, 6.07) is 7.57. The number of carbonyl (C=O) groups excluding carboxylic acids is 1. The molecule has 0 aliphatic rings. The van der Waals surface area contributed by atoms with E-state index in [9.17, 15) is 4.79 Å². The van der Waals surface area contributed by atoms with Gasteiger partial charge in [-0.2, -0.15) is 0 Å². The number of amides is 1. The molecule has 0 aliphatic heterocycles. The van der Waals surface area contributed by atoms with E-state index in [0.29, 0.717) is 25.6 Å². The van der Waals surface area contributed by atoms with Crippen molar-refractivity contribution in [3.8, 4) is 0 Å². The van der Waals surface area contributed by atoms with E-state index in [0.717, 1.165) is 17.7 Å². The van der Waals surface area contributed by atoms with E-state index in [4.69, 9.17) is 10.5 Å². The highest BCUT2D eigenvalue weighted by atomic mass is 16.6. The van der Waals surface area contributed by atoms with Crippen LogP contribution in [0.25, 0.3) is 0 Å². The molecule has 0 spiro atoms. The Kier molecular flexibility index (Phi) is 6.19. The van der Waals surface area contributed by atoms with Gasteiger partial charge in [0.05, 0.1) is 6.61 Å². The maximum Gasteiger partial charge on any atom is 0.410 e. The maximum absolute atomic E-state index is 12.0. The number of rotatable bonds is 6. The summed E-state index contributed by atoms with van der Waals surface area (Å²) in [6.07, 6.45) is 0.665. The molecule has 0 radical (unpaired) electrons. The number of hydrogen-bond donors (Lipinski definition) is 1. The molecule has 0 aromatic heterocycles. The van der Waals surface area contributed by atoms with Crippen molar-refractivity contribution in [1.29, 1.82) is 0 Å². The summed E-state index contributed by atoms with van der Waals surface area (Å²) in [5.41, 5.74) is 7.44. The Balaban J connectivity index is 2.61. The summed E-state index contributed by atoms with van der Waals surface area (Å²) in [6.45, 7) is 7.81. The van der Waals surface area contributed by atoms with Crippen LogP contribution in [0, 0.1) is 5.92 Å². The predicted molar refractivity (Wildman–Crippen MR) is 77.7 cm³/mol. The van der Waals surface area contributed by atoms with Crippen LogP contribution in [0.1, 0.15) is 32.8 Å². The first kappa shape index (κ1) is 15.3. The van der Waals surface area contributed by atoms with E-state index in [1.165, 1.54) is 0 Å². The molecule has 1 aromatic carbocycles. The summed E-state index contributed by atoms with van der Waals surface area (Å²) >= 11 is 0. The zero-order valence-corrected chi connectivity index (χ0v) is 12.1. The molecular weight excluding hydrogens is 240 g/mol. The second-order valence-electron chi connectivity index (χ2n) is 5.13. The lowest BCUT2D eigenvalue weighted by Crippen LogP contribution is -2.32. The normalized spacial score (nSPS) is 10.5. The van der Waals surface area contributed by atoms with Gasteiger partial charge in [0, 0.05) is 18.8 Å². The Hall–Kier alpha value is -1.71. The van der Waals surface area contributed by atoms with Crippen molar-refractivity contribution in [1.82, 2.24) is 4.90 Å². The van der Waals surface area contributed by atoms with Gasteiger partial charge in [-0.1, -0.05) is 32.9 Å². The molecule has 1 aromatic rings. The minimum absolute atomic E-state index is 0.243. The Morgan fingerprint density at radius 3 is 2.47 bits per heavy atom. The number of nitrogens with zero attached hydrogens (tertiary/aromatic N) is 1. The van der Waals surface area contributed by atoms with Crippen molar-refractivity contribution in [2.75, 3.05) is 18.9 Å². The van der Waals surface area contributed by atoms with Crippen LogP contribution in [0.2, 0.25) is 0 Å². The van der Waals surface area contributed by atoms with Crippen LogP contribution in [-0.2, 0) is 11.3 Å². The van der Waals surface area contributed by atoms with Gasteiger partial charge in [0.25, 0.3) is 0 Å². The van der Waals surface area contributed by atoms with E-state index in [2.05, 4.69) is 0 Å². The molecule has 4 heteroatoms. The van der Waals surface area contributed by atoms with Crippen molar-refractivity contribution in [2.45, 2.75) is 33.7 Å². The monoisotopic (exact) mass is 264 g/mol. The summed E-state index contributed by atoms with van der Waals surface area (Å²) in [5, 5.41) is 0. The summed E-state index contributed by atoms with van der Waals surface area (Å²) < 4.78 is 5.28. The molecule has 0 aliphatic carbocycles. The number of anilines is 1. The molecule has 0 atom stereocenters. The topological polar surface area (TPSA) is 55.6 Å². The van der Waals surface area contributed by atoms with Crippen LogP contribution in [0.15, 0.2) is 24.3 Å². The Bertz CT molecular complexity index is 388. The zero-order valence-electron chi connectivity index (χ0n) is 12.1. The lowest BCUT2D eigenvalue weighted by molar-refractivity contribution is 0.0896. The molecule has 4 nitrogen and oxygen atoms in total. The second kappa shape index (κ2) is 7.67. The number of benzene rings is 1. The minimum Gasteiger partial charge on any atom is -0.449 e. The molecule has 2 N–H and O–H groups in total. The summed E-state index contributed by atoms with van der Waals surface area (Å²) in [5.74, 6) is 0.351. The maximum atomic E-state index is 12.0. The lowest BCUT2D eigenvalue weighted by atomic mass is 10.2. The van der Waals surface area contributed by atoms with Crippen molar-refractivity contribution in [3.05, 3.63) is 29.8 Å². The minimum atomic E-state index is -0.243.